The number of benzene rings is 1. The van der Waals surface area contributed by atoms with Crippen molar-refractivity contribution in [1.29, 1.82) is 0 Å². The summed E-state index contributed by atoms with van der Waals surface area (Å²) in [6.07, 6.45) is 1.52. The number of nitrogens with one attached hydrogen (secondary N) is 1. The number of furan rings is 1. The summed E-state index contributed by atoms with van der Waals surface area (Å²) >= 11 is 0. The fourth-order valence-electron chi connectivity index (χ4n) is 3.48. The standard InChI is InChI=1S/C23H24N2O5/c1-14-19(15(2)24-20(14)23(28)29-4)21(26)16(3)25(13-18-11-8-12-30-18)22(27)17-9-6-5-7-10-17/h5-12,16,24H,13H2,1-4H3/t16-/m0/s1. The maximum atomic E-state index is 13.4. The monoisotopic (exact) mass is 408 g/mol. The van der Waals surface area contributed by atoms with Gasteiger partial charge in [0.15, 0.2) is 5.78 Å². The van der Waals surface area contributed by atoms with Crippen LogP contribution in [0.4, 0.5) is 0 Å². The van der Waals surface area contributed by atoms with Crippen molar-refractivity contribution >= 4 is 17.7 Å². The summed E-state index contributed by atoms with van der Waals surface area (Å²) in [6, 6.07) is 11.5. The number of rotatable bonds is 7. The van der Waals surface area contributed by atoms with Crippen LogP contribution in [-0.2, 0) is 11.3 Å². The Kier molecular flexibility index (Phi) is 6.20. The van der Waals surface area contributed by atoms with Gasteiger partial charge in [0, 0.05) is 16.8 Å². The zero-order valence-corrected chi connectivity index (χ0v) is 17.4. The first kappa shape index (κ1) is 21.1. The third-order valence-corrected chi connectivity index (χ3v) is 5.11. The highest BCUT2D eigenvalue weighted by Crippen LogP contribution is 2.24. The molecular weight excluding hydrogens is 384 g/mol. The molecule has 1 amide bonds. The van der Waals surface area contributed by atoms with Crippen LogP contribution >= 0.6 is 0 Å². The van der Waals surface area contributed by atoms with Crippen molar-refractivity contribution in [1.82, 2.24) is 9.88 Å². The molecule has 2 aromatic heterocycles. The lowest BCUT2D eigenvalue weighted by molar-refractivity contribution is 0.0590. The molecule has 3 aromatic rings. The summed E-state index contributed by atoms with van der Waals surface area (Å²) in [7, 11) is 1.28. The first-order valence-corrected chi connectivity index (χ1v) is 9.55. The average Bonchev–Trinajstić information content (AvgIpc) is 3.38. The van der Waals surface area contributed by atoms with Crippen molar-refractivity contribution in [3.63, 3.8) is 0 Å². The Hall–Kier alpha value is -3.61. The number of Topliss-reactive ketones (excluding diaryl/α,β-unsaturated/α-hetero) is 1. The molecule has 0 unspecified atom stereocenters. The number of H-pyrrole nitrogens is 1. The number of hydrogen-bond acceptors (Lipinski definition) is 5. The molecule has 0 fully saturated rings. The van der Waals surface area contributed by atoms with Gasteiger partial charge in [0.25, 0.3) is 5.91 Å². The van der Waals surface area contributed by atoms with E-state index in [9.17, 15) is 14.4 Å². The van der Waals surface area contributed by atoms with E-state index in [2.05, 4.69) is 4.98 Å². The largest absolute Gasteiger partial charge is 0.467 e. The molecular formula is C23H24N2O5. The number of methoxy groups -OCH3 is 1. The molecule has 0 saturated heterocycles. The van der Waals surface area contributed by atoms with E-state index in [0.29, 0.717) is 28.1 Å². The summed E-state index contributed by atoms with van der Waals surface area (Å²) < 4.78 is 10.2. The van der Waals surface area contributed by atoms with Crippen molar-refractivity contribution in [2.24, 2.45) is 0 Å². The molecule has 0 aliphatic rings. The predicted molar refractivity (Wildman–Crippen MR) is 110 cm³/mol. The van der Waals surface area contributed by atoms with Crippen LogP contribution in [0, 0.1) is 13.8 Å². The Morgan fingerprint density at radius 1 is 1.10 bits per heavy atom. The van der Waals surface area contributed by atoms with Gasteiger partial charge in [-0.15, -0.1) is 0 Å². The number of aromatic nitrogens is 1. The SMILES string of the molecule is COC(=O)c1[nH]c(C)c(C(=O)[C@H](C)N(Cc2ccco2)C(=O)c2ccccc2)c1C. The summed E-state index contributed by atoms with van der Waals surface area (Å²) in [5.41, 5.74) is 2.14. The molecule has 0 saturated carbocycles. The van der Waals surface area contributed by atoms with E-state index in [1.807, 2.05) is 6.07 Å². The summed E-state index contributed by atoms with van der Waals surface area (Å²) in [4.78, 5) is 43.0. The fraction of sp³-hybridized carbons (Fsp3) is 0.261. The minimum absolute atomic E-state index is 0.139. The minimum atomic E-state index is -0.790. The van der Waals surface area contributed by atoms with Gasteiger partial charge in [0.2, 0.25) is 0 Å². The van der Waals surface area contributed by atoms with Crippen LogP contribution in [0.2, 0.25) is 0 Å². The second kappa shape index (κ2) is 8.82. The molecule has 0 spiro atoms. The molecule has 0 aliphatic heterocycles. The second-order valence-corrected chi connectivity index (χ2v) is 7.04. The Morgan fingerprint density at radius 2 is 1.80 bits per heavy atom. The highest BCUT2D eigenvalue weighted by atomic mass is 16.5. The Labute approximate surface area is 174 Å². The molecule has 30 heavy (non-hydrogen) atoms. The van der Waals surface area contributed by atoms with E-state index in [0.717, 1.165) is 0 Å². The van der Waals surface area contributed by atoms with Crippen LogP contribution in [-0.4, -0.2) is 40.7 Å². The van der Waals surface area contributed by atoms with Gasteiger partial charge in [-0.3, -0.25) is 9.59 Å². The lowest BCUT2D eigenvalue weighted by Gasteiger charge is -2.28. The predicted octanol–water partition coefficient (Wildman–Crippen LogP) is 3.92. The van der Waals surface area contributed by atoms with E-state index < -0.39 is 12.0 Å². The molecule has 1 atom stereocenters. The van der Waals surface area contributed by atoms with E-state index >= 15 is 0 Å². The minimum Gasteiger partial charge on any atom is -0.467 e. The van der Waals surface area contributed by atoms with Crippen LogP contribution in [0.1, 0.15) is 55.1 Å². The Morgan fingerprint density at radius 3 is 2.40 bits per heavy atom. The molecule has 0 bridgehead atoms. The molecule has 7 heteroatoms. The Balaban J connectivity index is 1.97. The number of aromatic amines is 1. The second-order valence-electron chi connectivity index (χ2n) is 7.04. The van der Waals surface area contributed by atoms with Crippen LogP contribution < -0.4 is 0 Å². The van der Waals surface area contributed by atoms with Gasteiger partial charge < -0.3 is 19.0 Å². The van der Waals surface area contributed by atoms with Crippen molar-refractivity contribution in [2.75, 3.05) is 7.11 Å². The topological polar surface area (TPSA) is 92.6 Å². The quantitative estimate of drug-likeness (QED) is 0.472. The first-order chi connectivity index (χ1) is 14.3. The van der Waals surface area contributed by atoms with Gasteiger partial charge >= 0.3 is 5.97 Å². The number of hydrogen-bond donors (Lipinski definition) is 1. The van der Waals surface area contributed by atoms with Crippen LogP contribution in [0.3, 0.4) is 0 Å². The van der Waals surface area contributed by atoms with E-state index in [1.54, 1.807) is 57.2 Å². The summed E-state index contributed by atoms with van der Waals surface area (Å²) in [5, 5.41) is 0. The summed E-state index contributed by atoms with van der Waals surface area (Å²) in [6.45, 7) is 5.22. The normalized spacial score (nSPS) is 11.7. The molecule has 1 N–H and O–H groups in total. The zero-order chi connectivity index (χ0) is 21.8. The molecule has 2 heterocycles. The number of amides is 1. The highest BCUT2D eigenvalue weighted by molar-refractivity contribution is 6.07. The highest BCUT2D eigenvalue weighted by Gasteiger charge is 2.32. The van der Waals surface area contributed by atoms with Crippen molar-refractivity contribution in [3.8, 4) is 0 Å². The molecule has 156 valence electrons. The molecule has 0 radical (unpaired) electrons. The van der Waals surface area contributed by atoms with Crippen molar-refractivity contribution in [2.45, 2.75) is 33.4 Å². The Bertz CT molecular complexity index is 1050. The third-order valence-electron chi connectivity index (χ3n) is 5.11. The first-order valence-electron chi connectivity index (χ1n) is 9.55. The van der Waals surface area contributed by atoms with Gasteiger partial charge in [0.05, 0.1) is 26.0 Å². The molecule has 7 nitrogen and oxygen atoms in total. The molecule has 1 aromatic carbocycles. The maximum absolute atomic E-state index is 13.4. The fourth-order valence-corrected chi connectivity index (χ4v) is 3.48. The smallest absolute Gasteiger partial charge is 0.354 e. The van der Waals surface area contributed by atoms with Gasteiger partial charge in [-0.1, -0.05) is 18.2 Å². The van der Waals surface area contributed by atoms with Gasteiger partial charge in [-0.2, -0.15) is 0 Å². The lowest BCUT2D eigenvalue weighted by Crippen LogP contribution is -2.43. The van der Waals surface area contributed by atoms with Gasteiger partial charge in [-0.25, -0.2) is 4.79 Å². The number of ether oxygens (including phenoxy) is 1. The molecule has 3 rings (SSSR count). The molecule has 0 aliphatic carbocycles. The van der Waals surface area contributed by atoms with Crippen LogP contribution in [0.15, 0.2) is 53.1 Å². The number of carbonyl (C=O) groups excluding carboxylic acids is 3. The number of nitrogens with zero attached hydrogens (tertiary/aromatic N) is 1. The number of esters is 1. The number of carbonyl (C=O) groups is 3. The lowest BCUT2D eigenvalue weighted by atomic mass is 9.99. The van der Waals surface area contributed by atoms with Crippen LogP contribution in [0.5, 0.6) is 0 Å². The van der Waals surface area contributed by atoms with E-state index in [1.165, 1.54) is 18.3 Å². The van der Waals surface area contributed by atoms with Crippen molar-refractivity contribution < 1.29 is 23.5 Å². The number of aryl methyl sites for hydroxylation is 1. The van der Waals surface area contributed by atoms with E-state index in [4.69, 9.17) is 9.15 Å². The summed E-state index contributed by atoms with van der Waals surface area (Å²) in [5.74, 6) is -0.536. The van der Waals surface area contributed by atoms with Crippen LogP contribution in [0.25, 0.3) is 0 Å². The van der Waals surface area contributed by atoms with Gasteiger partial charge in [0.1, 0.15) is 11.5 Å². The van der Waals surface area contributed by atoms with Crippen molar-refractivity contribution in [3.05, 3.63) is 82.6 Å². The van der Waals surface area contributed by atoms with Gasteiger partial charge in [-0.05, 0) is 50.6 Å². The third kappa shape index (κ3) is 4.05. The maximum Gasteiger partial charge on any atom is 0.354 e. The zero-order valence-electron chi connectivity index (χ0n) is 17.4. The van der Waals surface area contributed by atoms with E-state index in [-0.39, 0.29) is 23.9 Å². The average molecular weight is 408 g/mol. The number of ketones is 1.